The van der Waals surface area contributed by atoms with Crippen molar-refractivity contribution in [3.8, 4) is 0 Å². The van der Waals surface area contributed by atoms with Crippen LogP contribution in [0.2, 0.25) is 0 Å². The molecule has 2 unspecified atom stereocenters. The van der Waals surface area contributed by atoms with Crippen LogP contribution in [-0.4, -0.2) is 24.7 Å². The Morgan fingerprint density at radius 1 is 1.62 bits per heavy atom. The Hall–Kier alpha value is -0.190. The first-order chi connectivity index (χ1) is 5.20. The first kappa shape index (κ1) is 15.3. The van der Waals surface area contributed by atoms with Crippen molar-refractivity contribution in [2.75, 3.05) is 6.54 Å². The van der Waals surface area contributed by atoms with Crippen LogP contribution in [-0.2, 0) is 0 Å². The van der Waals surface area contributed by atoms with Gasteiger partial charge in [0.1, 0.15) is 0 Å². The zero-order chi connectivity index (χ0) is 8.27. The molecule has 0 aromatic rings. The standard InChI is InChI=1S/C7H15N3O.2ClH/c1-5(10-7(8)11)6-3-2-4-9-6;;/h5-6,9H,2-4H2,1H3,(H3,8,10,11);2*1H. The SMILES string of the molecule is CC(NC(N)=O)C1CCCN1.Cl.Cl. The summed E-state index contributed by atoms with van der Waals surface area (Å²) < 4.78 is 0. The lowest BCUT2D eigenvalue weighted by atomic mass is 10.1. The fourth-order valence-corrected chi connectivity index (χ4v) is 1.46. The average molecular weight is 230 g/mol. The topological polar surface area (TPSA) is 67.1 Å². The number of carbonyl (C=O) groups excluding carboxylic acids is 1. The molecule has 0 aromatic heterocycles. The molecule has 13 heavy (non-hydrogen) atoms. The highest BCUT2D eigenvalue weighted by atomic mass is 35.5. The summed E-state index contributed by atoms with van der Waals surface area (Å²) in [5.41, 5.74) is 4.98. The molecule has 4 N–H and O–H groups in total. The van der Waals surface area contributed by atoms with Crippen molar-refractivity contribution in [1.82, 2.24) is 10.6 Å². The number of hydrogen-bond acceptors (Lipinski definition) is 2. The molecular formula is C7H17Cl2N3O. The highest BCUT2D eigenvalue weighted by Crippen LogP contribution is 2.08. The Morgan fingerprint density at radius 3 is 2.62 bits per heavy atom. The van der Waals surface area contributed by atoms with Crippen LogP contribution in [0, 0.1) is 0 Å². The molecule has 2 amide bonds. The number of carbonyl (C=O) groups is 1. The minimum Gasteiger partial charge on any atom is -0.352 e. The van der Waals surface area contributed by atoms with Crippen molar-refractivity contribution >= 4 is 30.8 Å². The molecule has 1 heterocycles. The largest absolute Gasteiger partial charge is 0.352 e. The van der Waals surface area contributed by atoms with Gasteiger partial charge in [-0.3, -0.25) is 0 Å². The minimum absolute atomic E-state index is 0. The summed E-state index contributed by atoms with van der Waals surface area (Å²) in [7, 11) is 0. The Morgan fingerprint density at radius 2 is 2.23 bits per heavy atom. The van der Waals surface area contributed by atoms with E-state index >= 15 is 0 Å². The zero-order valence-electron chi connectivity index (χ0n) is 7.58. The van der Waals surface area contributed by atoms with E-state index in [0.717, 1.165) is 13.0 Å². The zero-order valence-corrected chi connectivity index (χ0v) is 9.21. The molecule has 1 rings (SSSR count). The van der Waals surface area contributed by atoms with Crippen LogP contribution < -0.4 is 16.4 Å². The van der Waals surface area contributed by atoms with E-state index in [9.17, 15) is 4.79 Å². The van der Waals surface area contributed by atoms with Gasteiger partial charge in [0.2, 0.25) is 0 Å². The van der Waals surface area contributed by atoms with E-state index in [-0.39, 0.29) is 30.9 Å². The monoisotopic (exact) mass is 229 g/mol. The molecule has 2 atom stereocenters. The Kier molecular flexibility index (Phi) is 8.51. The molecule has 1 aliphatic heterocycles. The van der Waals surface area contributed by atoms with Crippen molar-refractivity contribution in [1.29, 1.82) is 0 Å². The summed E-state index contributed by atoms with van der Waals surface area (Å²) in [5, 5.41) is 5.95. The fourth-order valence-electron chi connectivity index (χ4n) is 1.46. The predicted molar refractivity (Wildman–Crippen MR) is 57.7 cm³/mol. The molecule has 4 nitrogen and oxygen atoms in total. The number of amides is 2. The first-order valence-electron chi connectivity index (χ1n) is 3.99. The van der Waals surface area contributed by atoms with Gasteiger partial charge in [-0.2, -0.15) is 0 Å². The van der Waals surface area contributed by atoms with Crippen LogP contribution in [0.3, 0.4) is 0 Å². The van der Waals surface area contributed by atoms with E-state index in [0.29, 0.717) is 6.04 Å². The molecule has 1 fully saturated rings. The van der Waals surface area contributed by atoms with E-state index in [2.05, 4.69) is 10.6 Å². The van der Waals surface area contributed by atoms with E-state index in [1.54, 1.807) is 0 Å². The first-order valence-corrected chi connectivity index (χ1v) is 3.99. The highest BCUT2D eigenvalue weighted by Gasteiger charge is 2.20. The van der Waals surface area contributed by atoms with Crippen molar-refractivity contribution < 1.29 is 4.79 Å². The van der Waals surface area contributed by atoms with Gasteiger partial charge in [-0.25, -0.2) is 4.79 Å². The van der Waals surface area contributed by atoms with E-state index in [1.807, 2.05) is 6.92 Å². The van der Waals surface area contributed by atoms with Crippen LogP contribution in [0.25, 0.3) is 0 Å². The summed E-state index contributed by atoms with van der Waals surface area (Å²) in [6.45, 7) is 3.02. The number of nitrogens with two attached hydrogens (primary N) is 1. The second-order valence-corrected chi connectivity index (χ2v) is 3.00. The van der Waals surface area contributed by atoms with Crippen molar-refractivity contribution in [3.05, 3.63) is 0 Å². The molecule has 0 aliphatic carbocycles. The third-order valence-electron chi connectivity index (χ3n) is 2.07. The maximum atomic E-state index is 10.4. The second kappa shape index (κ2) is 7.24. The van der Waals surface area contributed by atoms with Gasteiger partial charge in [0, 0.05) is 12.1 Å². The smallest absolute Gasteiger partial charge is 0.312 e. The summed E-state index contributed by atoms with van der Waals surface area (Å²) in [5.74, 6) is 0. The Balaban J connectivity index is 0. The lowest BCUT2D eigenvalue weighted by Gasteiger charge is -2.19. The molecule has 0 saturated carbocycles. The van der Waals surface area contributed by atoms with Crippen molar-refractivity contribution in [2.45, 2.75) is 31.8 Å². The average Bonchev–Trinajstić information content (AvgIpc) is 2.35. The maximum absolute atomic E-state index is 10.4. The lowest BCUT2D eigenvalue weighted by molar-refractivity contribution is 0.243. The quantitative estimate of drug-likeness (QED) is 0.651. The van der Waals surface area contributed by atoms with E-state index < -0.39 is 6.03 Å². The molecule has 0 spiro atoms. The summed E-state index contributed by atoms with van der Waals surface area (Å²) >= 11 is 0. The van der Waals surface area contributed by atoms with Gasteiger partial charge < -0.3 is 16.4 Å². The van der Waals surface area contributed by atoms with Gasteiger partial charge >= 0.3 is 6.03 Å². The summed E-state index contributed by atoms with van der Waals surface area (Å²) in [6.07, 6.45) is 2.32. The molecule has 6 heteroatoms. The molecule has 0 aromatic carbocycles. The van der Waals surface area contributed by atoms with Gasteiger partial charge in [-0.05, 0) is 26.3 Å². The van der Waals surface area contributed by atoms with E-state index in [4.69, 9.17) is 5.73 Å². The van der Waals surface area contributed by atoms with Gasteiger partial charge in [-0.1, -0.05) is 0 Å². The molecule has 80 valence electrons. The van der Waals surface area contributed by atoms with Crippen molar-refractivity contribution in [3.63, 3.8) is 0 Å². The van der Waals surface area contributed by atoms with Gasteiger partial charge in [0.05, 0.1) is 0 Å². The van der Waals surface area contributed by atoms with E-state index in [1.165, 1.54) is 6.42 Å². The van der Waals surface area contributed by atoms with Crippen LogP contribution >= 0.6 is 24.8 Å². The van der Waals surface area contributed by atoms with Gasteiger partial charge in [-0.15, -0.1) is 24.8 Å². The number of urea groups is 1. The number of hydrogen-bond donors (Lipinski definition) is 3. The number of rotatable bonds is 2. The van der Waals surface area contributed by atoms with Crippen LogP contribution in [0.5, 0.6) is 0 Å². The van der Waals surface area contributed by atoms with Gasteiger partial charge in [0.25, 0.3) is 0 Å². The lowest BCUT2D eigenvalue weighted by Crippen LogP contribution is -2.47. The van der Waals surface area contributed by atoms with Crippen LogP contribution in [0.15, 0.2) is 0 Å². The Bertz CT molecular complexity index is 151. The number of nitrogens with one attached hydrogen (secondary N) is 2. The summed E-state index contributed by atoms with van der Waals surface area (Å²) in [4.78, 5) is 10.4. The normalized spacial score (nSPS) is 22.4. The maximum Gasteiger partial charge on any atom is 0.312 e. The summed E-state index contributed by atoms with van der Waals surface area (Å²) in [6, 6.07) is 0.115. The molecular weight excluding hydrogens is 213 g/mol. The number of halogens is 2. The third kappa shape index (κ3) is 5.18. The minimum atomic E-state index is -0.439. The van der Waals surface area contributed by atoms with Crippen molar-refractivity contribution in [2.24, 2.45) is 5.73 Å². The number of primary amides is 1. The fraction of sp³-hybridized carbons (Fsp3) is 0.857. The predicted octanol–water partition coefficient (Wildman–Crippen LogP) is 0.639. The highest BCUT2D eigenvalue weighted by molar-refractivity contribution is 5.85. The van der Waals surface area contributed by atoms with Crippen LogP contribution in [0.4, 0.5) is 4.79 Å². The van der Waals surface area contributed by atoms with Crippen LogP contribution in [0.1, 0.15) is 19.8 Å². The van der Waals surface area contributed by atoms with Gasteiger partial charge in [0.15, 0.2) is 0 Å². The third-order valence-corrected chi connectivity index (χ3v) is 2.07. The Labute approximate surface area is 90.8 Å². The molecule has 1 saturated heterocycles. The molecule has 0 bridgehead atoms. The molecule has 1 aliphatic rings. The second-order valence-electron chi connectivity index (χ2n) is 3.00. The molecule has 0 radical (unpaired) electrons.